The summed E-state index contributed by atoms with van der Waals surface area (Å²) < 4.78 is 16.6. The fourth-order valence-electron chi connectivity index (χ4n) is 5.56. The molecule has 0 saturated carbocycles. The second-order valence-electron chi connectivity index (χ2n) is 14.7. The highest BCUT2D eigenvalue weighted by Gasteiger charge is 2.19. The SMILES string of the molecule is CC\C=C/C=C\C=C/C=C\C=C/CCCC(=O)OC(COC(=O)CCC/C=C\C/C=C\C/C=C\C/C=C\CCCCC)COC(=O)CCCCCCC/C=C\C/C=C\CC. The van der Waals surface area contributed by atoms with E-state index in [2.05, 4.69) is 99.8 Å². The van der Waals surface area contributed by atoms with Gasteiger partial charge in [0.15, 0.2) is 6.10 Å². The zero-order chi connectivity index (χ0) is 43.7. The number of esters is 3. The van der Waals surface area contributed by atoms with Crippen molar-refractivity contribution in [2.45, 2.75) is 175 Å². The molecule has 0 fully saturated rings. The Morgan fingerprint density at radius 1 is 0.367 bits per heavy atom. The minimum atomic E-state index is -0.846. The van der Waals surface area contributed by atoms with Gasteiger partial charge in [0.05, 0.1) is 0 Å². The molecular weight excluding hydrogens is 745 g/mol. The Balaban J connectivity index is 4.62. The van der Waals surface area contributed by atoms with E-state index in [1.54, 1.807) is 0 Å². The Kier molecular flexibility index (Phi) is 43.7. The van der Waals surface area contributed by atoms with E-state index in [-0.39, 0.29) is 38.0 Å². The first-order chi connectivity index (χ1) is 29.5. The van der Waals surface area contributed by atoms with Crippen molar-refractivity contribution in [2.24, 2.45) is 0 Å². The molecule has 0 heterocycles. The Morgan fingerprint density at radius 2 is 0.750 bits per heavy atom. The molecular formula is C54H82O6. The Labute approximate surface area is 366 Å². The maximum absolute atomic E-state index is 12.7. The van der Waals surface area contributed by atoms with Crippen LogP contribution >= 0.6 is 0 Å². The third kappa shape index (κ3) is 44.6. The topological polar surface area (TPSA) is 78.9 Å². The molecule has 0 aromatic rings. The summed E-state index contributed by atoms with van der Waals surface area (Å²) in [4.78, 5) is 37.8. The molecule has 0 aliphatic heterocycles. The van der Waals surface area contributed by atoms with Crippen molar-refractivity contribution in [1.29, 1.82) is 0 Å². The summed E-state index contributed by atoms with van der Waals surface area (Å²) >= 11 is 0. The van der Waals surface area contributed by atoms with E-state index in [0.29, 0.717) is 25.7 Å². The first-order valence-corrected chi connectivity index (χ1v) is 23.3. The summed E-state index contributed by atoms with van der Waals surface area (Å²) in [6.07, 6.45) is 65.9. The van der Waals surface area contributed by atoms with Crippen LogP contribution in [-0.4, -0.2) is 37.2 Å². The number of ether oxygens (including phenoxy) is 3. The predicted octanol–water partition coefficient (Wildman–Crippen LogP) is 15.1. The van der Waals surface area contributed by atoms with Crippen LogP contribution in [0, 0.1) is 0 Å². The minimum Gasteiger partial charge on any atom is -0.462 e. The second kappa shape index (κ2) is 47.2. The van der Waals surface area contributed by atoms with Gasteiger partial charge in [-0.2, -0.15) is 0 Å². The monoisotopic (exact) mass is 827 g/mol. The van der Waals surface area contributed by atoms with E-state index in [9.17, 15) is 14.4 Å². The molecule has 0 radical (unpaired) electrons. The minimum absolute atomic E-state index is 0.137. The van der Waals surface area contributed by atoms with Crippen LogP contribution in [0.2, 0.25) is 0 Å². The van der Waals surface area contributed by atoms with Crippen molar-refractivity contribution in [3.05, 3.63) is 134 Å². The molecule has 0 aliphatic rings. The third-order valence-corrected chi connectivity index (χ3v) is 9.00. The van der Waals surface area contributed by atoms with Crippen molar-refractivity contribution in [3.63, 3.8) is 0 Å². The van der Waals surface area contributed by atoms with E-state index in [4.69, 9.17) is 14.2 Å². The molecule has 0 saturated heterocycles. The van der Waals surface area contributed by atoms with Gasteiger partial charge in [-0.25, -0.2) is 0 Å². The smallest absolute Gasteiger partial charge is 0.306 e. The van der Waals surface area contributed by atoms with Crippen LogP contribution < -0.4 is 0 Å². The van der Waals surface area contributed by atoms with E-state index in [1.807, 2.05) is 54.7 Å². The highest BCUT2D eigenvalue weighted by Crippen LogP contribution is 2.11. The van der Waals surface area contributed by atoms with Crippen molar-refractivity contribution >= 4 is 17.9 Å². The molecule has 0 bridgehead atoms. The van der Waals surface area contributed by atoms with Gasteiger partial charge < -0.3 is 14.2 Å². The molecule has 0 aliphatic carbocycles. The average Bonchev–Trinajstić information content (AvgIpc) is 3.24. The number of carbonyl (C=O) groups excluding carboxylic acids is 3. The van der Waals surface area contributed by atoms with Gasteiger partial charge >= 0.3 is 17.9 Å². The van der Waals surface area contributed by atoms with Crippen LogP contribution in [0.3, 0.4) is 0 Å². The largest absolute Gasteiger partial charge is 0.462 e. The van der Waals surface area contributed by atoms with Gasteiger partial charge in [0.1, 0.15) is 13.2 Å². The van der Waals surface area contributed by atoms with Crippen LogP contribution in [0.5, 0.6) is 0 Å². The molecule has 6 heteroatoms. The van der Waals surface area contributed by atoms with Gasteiger partial charge in [-0.15, -0.1) is 0 Å². The predicted molar refractivity (Wildman–Crippen MR) is 256 cm³/mol. The average molecular weight is 827 g/mol. The normalized spacial score (nSPS) is 13.3. The molecule has 0 aromatic carbocycles. The molecule has 0 amide bonds. The summed E-state index contributed by atoms with van der Waals surface area (Å²) in [5.74, 6) is -1.10. The molecule has 1 unspecified atom stereocenters. The first-order valence-electron chi connectivity index (χ1n) is 23.3. The standard InChI is InChI=1S/C54H82O6/c1-4-7-10-13-16-19-22-25-26-27-28-30-32-35-38-41-44-47-53(56)59-50-51(49-58-52(55)46-43-40-37-34-31-24-21-18-15-12-9-6-3)60-54(57)48-45-42-39-36-33-29-23-20-17-14-11-8-5-2/h8-9,11-12,14,16-21,23,25-26,28-30,33,35-36,38-39,51H,4-7,10,13,15,22,24,27,31-32,34,37,40-50H2,1-3H3/b11-8-,12-9-,17-14-,19-16-,21-18-,23-20-,26-25-,30-28-,33-29-,38-35-,39-36-. The first kappa shape index (κ1) is 55.5. The van der Waals surface area contributed by atoms with Crippen molar-refractivity contribution in [3.8, 4) is 0 Å². The molecule has 1 atom stereocenters. The summed E-state index contributed by atoms with van der Waals surface area (Å²) in [5.41, 5.74) is 0. The lowest BCUT2D eigenvalue weighted by Gasteiger charge is -2.18. The number of carbonyl (C=O) groups is 3. The van der Waals surface area contributed by atoms with Gasteiger partial charge in [0.2, 0.25) is 0 Å². The van der Waals surface area contributed by atoms with Gasteiger partial charge in [0, 0.05) is 19.3 Å². The molecule has 0 N–H and O–H groups in total. The Morgan fingerprint density at radius 3 is 1.28 bits per heavy atom. The Bertz CT molecular complexity index is 1370. The lowest BCUT2D eigenvalue weighted by atomic mass is 10.1. The summed E-state index contributed by atoms with van der Waals surface area (Å²) in [6, 6.07) is 0. The molecule has 334 valence electrons. The molecule has 0 spiro atoms. The number of hydrogen-bond acceptors (Lipinski definition) is 6. The number of hydrogen-bond donors (Lipinski definition) is 0. The van der Waals surface area contributed by atoms with E-state index >= 15 is 0 Å². The quantitative estimate of drug-likeness (QED) is 0.0202. The summed E-state index contributed by atoms with van der Waals surface area (Å²) in [6.45, 7) is 6.19. The number of allylic oxidation sites excluding steroid dienone is 22. The van der Waals surface area contributed by atoms with Gasteiger partial charge in [-0.05, 0) is 96.3 Å². The van der Waals surface area contributed by atoms with Gasteiger partial charge in [-0.1, -0.05) is 187 Å². The van der Waals surface area contributed by atoms with E-state index < -0.39 is 12.1 Å². The lowest BCUT2D eigenvalue weighted by Crippen LogP contribution is -2.30. The maximum atomic E-state index is 12.7. The lowest BCUT2D eigenvalue weighted by molar-refractivity contribution is -0.167. The molecule has 6 nitrogen and oxygen atoms in total. The maximum Gasteiger partial charge on any atom is 0.306 e. The molecule has 0 rings (SSSR count). The second-order valence-corrected chi connectivity index (χ2v) is 14.7. The van der Waals surface area contributed by atoms with Crippen LogP contribution in [0.25, 0.3) is 0 Å². The fourth-order valence-corrected chi connectivity index (χ4v) is 5.56. The molecule has 60 heavy (non-hydrogen) atoms. The Hall–Kier alpha value is -4.45. The molecule has 0 aromatic heterocycles. The van der Waals surface area contributed by atoms with Crippen molar-refractivity contribution in [1.82, 2.24) is 0 Å². The van der Waals surface area contributed by atoms with Gasteiger partial charge in [-0.3, -0.25) is 14.4 Å². The van der Waals surface area contributed by atoms with Crippen LogP contribution in [0.4, 0.5) is 0 Å². The summed E-state index contributed by atoms with van der Waals surface area (Å²) in [7, 11) is 0. The van der Waals surface area contributed by atoms with Crippen molar-refractivity contribution in [2.75, 3.05) is 13.2 Å². The van der Waals surface area contributed by atoms with Gasteiger partial charge in [0.25, 0.3) is 0 Å². The zero-order valence-electron chi connectivity index (χ0n) is 37.9. The van der Waals surface area contributed by atoms with E-state index in [1.165, 1.54) is 25.7 Å². The van der Waals surface area contributed by atoms with Crippen molar-refractivity contribution < 1.29 is 28.6 Å². The summed E-state index contributed by atoms with van der Waals surface area (Å²) in [5, 5.41) is 0. The number of unbranched alkanes of at least 4 members (excludes halogenated alkanes) is 10. The zero-order valence-corrected chi connectivity index (χ0v) is 37.9. The number of rotatable bonds is 39. The third-order valence-electron chi connectivity index (χ3n) is 9.00. The van der Waals surface area contributed by atoms with E-state index in [0.717, 1.165) is 83.5 Å². The van der Waals surface area contributed by atoms with Crippen LogP contribution in [-0.2, 0) is 28.6 Å². The van der Waals surface area contributed by atoms with Crippen LogP contribution in [0.1, 0.15) is 168 Å². The highest BCUT2D eigenvalue weighted by atomic mass is 16.6. The fraction of sp³-hybridized carbons (Fsp3) is 0.537. The highest BCUT2D eigenvalue weighted by molar-refractivity contribution is 5.71. The van der Waals surface area contributed by atoms with Crippen LogP contribution in [0.15, 0.2) is 134 Å².